The van der Waals surface area contributed by atoms with Crippen molar-refractivity contribution in [1.29, 1.82) is 0 Å². The summed E-state index contributed by atoms with van der Waals surface area (Å²) in [6.45, 7) is 6.93. The lowest BCUT2D eigenvalue weighted by Gasteiger charge is -2.50. The van der Waals surface area contributed by atoms with Gasteiger partial charge in [-0.1, -0.05) is 108 Å². The number of carbonyl (C=O) groups excluding carboxylic acids is 2. The second-order valence-electron chi connectivity index (χ2n) is 15.5. The van der Waals surface area contributed by atoms with E-state index in [-0.39, 0.29) is 42.8 Å². The van der Waals surface area contributed by atoms with Crippen LogP contribution in [0.1, 0.15) is 100 Å². The first-order chi connectivity index (χ1) is 24.8. The van der Waals surface area contributed by atoms with Crippen molar-refractivity contribution in [2.45, 2.75) is 119 Å². The number of nitrogens with zero attached hydrogens (tertiary/aromatic N) is 1. The van der Waals surface area contributed by atoms with E-state index >= 15 is 0 Å². The van der Waals surface area contributed by atoms with E-state index in [1.165, 1.54) is 19.3 Å². The van der Waals surface area contributed by atoms with E-state index in [4.69, 9.17) is 44.3 Å². The molecule has 1 aliphatic carbocycles. The molecule has 6 atom stereocenters. The molecular weight excluding hydrogens is 721 g/mol. The minimum absolute atomic E-state index is 0.0248. The highest BCUT2D eigenvalue weighted by Gasteiger charge is 2.44. The van der Waals surface area contributed by atoms with Crippen LogP contribution in [-0.4, -0.2) is 55.9 Å². The second kappa shape index (κ2) is 16.8. The standard InChI is InChI=1S/C41H50Cl3N3O5/c1-40(2,3)46-37(49)35-19-18-28-9-4-5-13-34(28)47(35)24-33-22-36(29-16-14-26(25-48)15-17-29)52-38(51-33)32-12-7-11-31(21-32)30-10-6-8-27(20-30)23-45-39(50)41(42,43)44/h6-8,10-12,14-17,20-21,28,33-36,38,48H,4-5,9,13,18-19,22-25H2,1-3H3,(H,45,50)(H,46,49). The Morgan fingerprint density at radius 3 is 2.27 bits per heavy atom. The third-order valence-corrected chi connectivity index (χ3v) is 11.0. The van der Waals surface area contributed by atoms with Crippen LogP contribution in [0, 0.1) is 5.92 Å². The lowest BCUT2D eigenvalue weighted by molar-refractivity contribution is -0.255. The molecule has 2 aliphatic heterocycles. The smallest absolute Gasteiger partial charge is 0.272 e. The summed E-state index contributed by atoms with van der Waals surface area (Å²) in [7, 11) is 0. The molecule has 280 valence electrons. The Labute approximate surface area is 322 Å². The maximum Gasteiger partial charge on any atom is 0.272 e. The number of aliphatic hydroxyl groups is 1. The maximum absolute atomic E-state index is 13.8. The van der Waals surface area contributed by atoms with Crippen LogP contribution in [0.4, 0.5) is 0 Å². The van der Waals surface area contributed by atoms with Crippen LogP contribution >= 0.6 is 34.8 Å². The van der Waals surface area contributed by atoms with Gasteiger partial charge >= 0.3 is 0 Å². The zero-order valence-corrected chi connectivity index (χ0v) is 32.4. The van der Waals surface area contributed by atoms with Crippen molar-refractivity contribution in [1.82, 2.24) is 15.5 Å². The van der Waals surface area contributed by atoms with Gasteiger partial charge in [0.15, 0.2) is 6.29 Å². The van der Waals surface area contributed by atoms with Gasteiger partial charge in [-0.15, -0.1) is 0 Å². The molecule has 52 heavy (non-hydrogen) atoms. The van der Waals surface area contributed by atoms with Crippen LogP contribution in [0.5, 0.6) is 0 Å². The number of rotatable bonds is 9. The average molecular weight is 771 g/mol. The summed E-state index contributed by atoms with van der Waals surface area (Å²) in [5.41, 5.74) is 5.20. The minimum Gasteiger partial charge on any atom is -0.392 e. The molecule has 6 rings (SSSR count). The highest BCUT2D eigenvalue weighted by molar-refractivity contribution is 6.76. The van der Waals surface area contributed by atoms with E-state index in [9.17, 15) is 14.7 Å². The molecule has 3 N–H and O–H groups in total. The zero-order chi connectivity index (χ0) is 37.0. The molecule has 8 nitrogen and oxygen atoms in total. The number of piperidine rings is 1. The number of hydrogen-bond acceptors (Lipinski definition) is 6. The van der Waals surface area contributed by atoms with Gasteiger partial charge in [0.1, 0.15) is 0 Å². The number of alkyl halides is 3. The number of aliphatic hydroxyl groups excluding tert-OH is 1. The molecular formula is C41H50Cl3N3O5. The Balaban J connectivity index is 1.27. The number of likely N-dealkylation sites (tertiary alicyclic amines) is 1. The number of ether oxygens (including phenoxy) is 2. The first-order valence-electron chi connectivity index (χ1n) is 18.4. The quantitative estimate of drug-likeness (QED) is 0.190. The van der Waals surface area contributed by atoms with Crippen LogP contribution < -0.4 is 10.6 Å². The Kier molecular flexibility index (Phi) is 12.6. The Hall–Kier alpha value is -2.69. The molecule has 3 aromatic carbocycles. The topological polar surface area (TPSA) is 100 Å². The van der Waals surface area contributed by atoms with E-state index < -0.39 is 16.0 Å². The molecule has 11 heteroatoms. The number of nitrogens with one attached hydrogen (secondary N) is 2. The number of benzene rings is 3. The number of hydrogen-bond donors (Lipinski definition) is 3. The van der Waals surface area contributed by atoms with Gasteiger partial charge in [-0.3, -0.25) is 14.5 Å². The van der Waals surface area contributed by atoms with E-state index in [0.29, 0.717) is 24.9 Å². The summed E-state index contributed by atoms with van der Waals surface area (Å²) in [6, 6.07) is 24.0. The SMILES string of the molecule is CC(C)(C)NC(=O)C1CCC2CCCCC2N1CC1CC(c2ccc(CO)cc2)OC(c2cccc(-c3cccc(CNC(=O)C(Cl)(Cl)Cl)c3)c2)O1. The molecule has 3 aliphatic rings. The van der Waals surface area contributed by atoms with Crippen LogP contribution in [0.25, 0.3) is 11.1 Å². The van der Waals surface area contributed by atoms with E-state index in [2.05, 4.69) is 21.6 Å². The normalized spacial score (nSPS) is 25.6. The van der Waals surface area contributed by atoms with Crippen molar-refractivity contribution >= 4 is 46.6 Å². The summed E-state index contributed by atoms with van der Waals surface area (Å²) in [5, 5.41) is 15.6. The van der Waals surface area contributed by atoms with Crippen LogP contribution in [0.3, 0.4) is 0 Å². The van der Waals surface area contributed by atoms with Crippen molar-refractivity contribution in [3.05, 3.63) is 95.1 Å². The fraction of sp³-hybridized carbons (Fsp3) is 0.512. The summed E-state index contributed by atoms with van der Waals surface area (Å²) < 4.78 is 11.6. The molecule has 2 heterocycles. The van der Waals surface area contributed by atoms with Crippen molar-refractivity contribution in [3.63, 3.8) is 0 Å². The van der Waals surface area contributed by atoms with Gasteiger partial charge in [-0.05, 0) is 92.3 Å². The van der Waals surface area contributed by atoms with Gasteiger partial charge in [0.25, 0.3) is 9.70 Å². The molecule has 2 saturated heterocycles. The second-order valence-corrected chi connectivity index (χ2v) is 17.8. The molecule has 0 aromatic heterocycles. The number of halogens is 3. The molecule has 1 saturated carbocycles. The Morgan fingerprint density at radius 1 is 0.846 bits per heavy atom. The summed E-state index contributed by atoms with van der Waals surface area (Å²) in [4.78, 5) is 28.4. The van der Waals surface area contributed by atoms with Crippen LogP contribution in [0.15, 0.2) is 72.8 Å². The summed E-state index contributed by atoms with van der Waals surface area (Å²) in [5.74, 6) is 0.00222. The van der Waals surface area contributed by atoms with Crippen molar-refractivity contribution in [2.24, 2.45) is 5.92 Å². The predicted molar refractivity (Wildman–Crippen MR) is 206 cm³/mol. The minimum atomic E-state index is -2.03. The molecule has 0 radical (unpaired) electrons. The molecule has 3 aromatic rings. The van der Waals surface area contributed by atoms with E-state index in [1.807, 2.05) is 87.5 Å². The number of amides is 2. The van der Waals surface area contributed by atoms with Gasteiger partial charge < -0.3 is 25.2 Å². The van der Waals surface area contributed by atoms with E-state index in [0.717, 1.165) is 52.6 Å². The van der Waals surface area contributed by atoms with Gasteiger partial charge in [0.05, 0.1) is 24.9 Å². The molecule has 3 fully saturated rings. The lowest BCUT2D eigenvalue weighted by Crippen LogP contribution is -2.61. The monoisotopic (exact) mass is 769 g/mol. The third-order valence-electron chi connectivity index (χ3n) is 10.5. The first kappa shape index (κ1) is 39.0. The van der Waals surface area contributed by atoms with Crippen molar-refractivity contribution in [3.8, 4) is 11.1 Å². The van der Waals surface area contributed by atoms with Gasteiger partial charge in [-0.2, -0.15) is 0 Å². The molecule has 0 spiro atoms. The molecule has 2 amide bonds. The predicted octanol–water partition coefficient (Wildman–Crippen LogP) is 8.32. The molecule has 6 unspecified atom stereocenters. The van der Waals surface area contributed by atoms with Crippen molar-refractivity contribution < 1.29 is 24.2 Å². The Bertz CT molecular complexity index is 1690. The third kappa shape index (κ3) is 9.89. The van der Waals surface area contributed by atoms with Crippen LogP contribution in [-0.2, 0) is 32.2 Å². The fourth-order valence-corrected chi connectivity index (χ4v) is 8.20. The van der Waals surface area contributed by atoms with Crippen molar-refractivity contribution in [2.75, 3.05) is 6.54 Å². The zero-order valence-electron chi connectivity index (χ0n) is 30.1. The fourth-order valence-electron chi connectivity index (χ4n) is 8.00. The summed E-state index contributed by atoms with van der Waals surface area (Å²) >= 11 is 17.2. The Morgan fingerprint density at radius 2 is 1.56 bits per heavy atom. The van der Waals surface area contributed by atoms with Gasteiger partial charge in [-0.25, -0.2) is 0 Å². The maximum atomic E-state index is 13.8. The molecule has 0 bridgehead atoms. The van der Waals surface area contributed by atoms with Crippen LogP contribution in [0.2, 0.25) is 0 Å². The number of carbonyl (C=O) groups is 2. The highest BCUT2D eigenvalue weighted by Crippen LogP contribution is 2.42. The largest absolute Gasteiger partial charge is 0.392 e. The van der Waals surface area contributed by atoms with Gasteiger partial charge in [0, 0.05) is 36.7 Å². The highest BCUT2D eigenvalue weighted by atomic mass is 35.6. The van der Waals surface area contributed by atoms with E-state index in [1.54, 1.807) is 0 Å². The first-order valence-corrected chi connectivity index (χ1v) is 19.5. The average Bonchev–Trinajstić information content (AvgIpc) is 3.13. The van der Waals surface area contributed by atoms with Gasteiger partial charge in [0.2, 0.25) is 5.91 Å². The summed E-state index contributed by atoms with van der Waals surface area (Å²) in [6.07, 6.45) is 6.19. The number of fused-ring (bicyclic) bond motifs is 1. The lowest BCUT2D eigenvalue weighted by atomic mass is 9.75.